The summed E-state index contributed by atoms with van der Waals surface area (Å²) < 4.78 is 11.4. The number of likely N-dealkylation sites (tertiary alicyclic amines) is 1. The van der Waals surface area contributed by atoms with Crippen molar-refractivity contribution in [2.24, 2.45) is 5.41 Å². The Balaban J connectivity index is 1.32. The number of carbonyl (C=O) groups excluding carboxylic acids is 1. The molecular formula is C30H37N3O3. The van der Waals surface area contributed by atoms with Gasteiger partial charge in [-0.05, 0) is 61.6 Å². The first kappa shape index (κ1) is 24.6. The fraction of sp³-hybridized carbons (Fsp3) is 0.467. The minimum atomic E-state index is -0.0130. The molecule has 2 aliphatic heterocycles. The number of para-hydroxylation sites is 1. The minimum absolute atomic E-state index is 0.0130. The predicted molar refractivity (Wildman–Crippen MR) is 140 cm³/mol. The second-order valence-corrected chi connectivity index (χ2v) is 10.5. The fourth-order valence-electron chi connectivity index (χ4n) is 5.78. The van der Waals surface area contributed by atoms with Gasteiger partial charge in [0.05, 0.1) is 0 Å². The average molecular weight is 488 g/mol. The van der Waals surface area contributed by atoms with E-state index in [-0.39, 0.29) is 11.3 Å². The van der Waals surface area contributed by atoms with Gasteiger partial charge >= 0.3 is 0 Å². The van der Waals surface area contributed by atoms with Gasteiger partial charge in [0.25, 0.3) is 5.91 Å². The number of rotatable bonds is 3. The van der Waals surface area contributed by atoms with Gasteiger partial charge in [-0.25, -0.2) is 0 Å². The highest BCUT2D eigenvalue weighted by Gasteiger charge is 2.37. The number of hydrogen-bond donors (Lipinski definition) is 0. The highest BCUT2D eigenvalue weighted by atomic mass is 16.5. The van der Waals surface area contributed by atoms with E-state index in [9.17, 15) is 4.79 Å². The zero-order valence-corrected chi connectivity index (χ0v) is 21.3. The van der Waals surface area contributed by atoms with E-state index in [4.69, 9.17) is 9.26 Å². The van der Waals surface area contributed by atoms with Crippen LogP contribution in [0, 0.1) is 12.3 Å². The molecule has 0 radical (unpaired) electrons. The topological polar surface area (TPSA) is 58.8 Å². The van der Waals surface area contributed by atoms with Gasteiger partial charge in [0.1, 0.15) is 18.1 Å². The van der Waals surface area contributed by atoms with Gasteiger partial charge < -0.3 is 14.2 Å². The Morgan fingerprint density at radius 1 is 0.972 bits per heavy atom. The molecule has 0 saturated carbocycles. The summed E-state index contributed by atoms with van der Waals surface area (Å²) in [4.78, 5) is 17.5. The lowest BCUT2D eigenvalue weighted by molar-refractivity contribution is 0.0355. The molecule has 0 N–H and O–H groups in total. The van der Waals surface area contributed by atoms with Crippen LogP contribution in [0.5, 0.6) is 5.75 Å². The van der Waals surface area contributed by atoms with Crippen molar-refractivity contribution in [2.45, 2.75) is 52.0 Å². The lowest BCUT2D eigenvalue weighted by Crippen LogP contribution is -2.48. The predicted octanol–water partition coefficient (Wildman–Crippen LogP) is 5.51. The van der Waals surface area contributed by atoms with Gasteiger partial charge in [0.2, 0.25) is 0 Å². The van der Waals surface area contributed by atoms with E-state index in [0.717, 1.165) is 64.2 Å². The Morgan fingerprint density at radius 3 is 2.53 bits per heavy atom. The SMILES string of the molecule is Cc1cc(C(=O)N2CCC3(CCCCc4ccccc4OCCN(Cc4ccccc4)C3)CC2)no1. The molecule has 0 atom stereocenters. The molecule has 0 aliphatic carbocycles. The number of nitrogens with zero attached hydrogens (tertiary/aromatic N) is 3. The smallest absolute Gasteiger partial charge is 0.276 e. The van der Waals surface area contributed by atoms with E-state index in [1.54, 1.807) is 6.07 Å². The van der Waals surface area contributed by atoms with E-state index >= 15 is 0 Å². The summed E-state index contributed by atoms with van der Waals surface area (Å²) in [6, 6.07) is 20.9. The van der Waals surface area contributed by atoms with Crippen molar-refractivity contribution >= 4 is 5.91 Å². The number of aryl methyl sites for hydroxylation is 2. The Hall–Kier alpha value is -3.12. The molecule has 1 spiro atoms. The summed E-state index contributed by atoms with van der Waals surface area (Å²) in [6.07, 6.45) is 6.60. The van der Waals surface area contributed by atoms with Crippen LogP contribution in [0.15, 0.2) is 65.2 Å². The number of carbonyl (C=O) groups is 1. The second kappa shape index (κ2) is 11.3. The van der Waals surface area contributed by atoms with Crippen LogP contribution in [0.1, 0.15) is 59.5 Å². The van der Waals surface area contributed by atoms with Crippen LogP contribution in [0.4, 0.5) is 0 Å². The van der Waals surface area contributed by atoms with Crippen molar-refractivity contribution in [1.82, 2.24) is 15.0 Å². The maximum Gasteiger partial charge on any atom is 0.276 e. The van der Waals surface area contributed by atoms with Crippen molar-refractivity contribution in [3.63, 3.8) is 0 Å². The summed E-state index contributed by atoms with van der Waals surface area (Å²) in [7, 11) is 0. The number of ether oxygens (including phenoxy) is 1. The number of piperidine rings is 1. The standard InChI is InChI=1S/C30H37N3O3/c1-24-21-27(31-36-24)29(34)33-17-15-30(16-18-33)14-8-7-12-26-11-5-6-13-28(26)35-20-19-32(23-30)22-25-9-3-2-4-10-25/h2-6,9-11,13,21H,7-8,12,14-20,22-23H2,1H3. The van der Waals surface area contributed by atoms with Gasteiger partial charge in [0.15, 0.2) is 5.69 Å². The second-order valence-electron chi connectivity index (χ2n) is 10.5. The number of aromatic nitrogens is 1. The Morgan fingerprint density at radius 2 is 1.75 bits per heavy atom. The number of amides is 1. The fourth-order valence-corrected chi connectivity index (χ4v) is 5.78. The van der Waals surface area contributed by atoms with Crippen molar-refractivity contribution in [3.05, 3.63) is 83.2 Å². The molecule has 1 saturated heterocycles. The molecular weight excluding hydrogens is 450 g/mol. The molecule has 0 bridgehead atoms. The highest BCUT2D eigenvalue weighted by molar-refractivity contribution is 5.92. The third-order valence-corrected chi connectivity index (χ3v) is 7.81. The lowest BCUT2D eigenvalue weighted by Gasteiger charge is -2.45. The van der Waals surface area contributed by atoms with Crippen molar-refractivity contribution in [3.8, 4) is 5.75 Å². The molecule has 0 unspecified atom stereocenters. The monoisotopic (exact) mass is 487 g/mol. The van der Waals surface area contributed by atoms with Gasteiger partial charge in [-0.2, -0.15) is 0 Å². The molecule has 3 heterocycles. The molecule has 190 valence electrons. The third-order valence-electron chi connectivity index (χ3n) is 7.81. The largest absolute Gasteiger partial charge is 0.492 e. The van der Waals surface area contributed by atoms with E-state index in [1.807, 2.05) is 11.8 Å². The summed E-state index contributed by atoms with van der Waals surface area (Å²) >= 11 is 0. The number of benzene rings is 2. The van der Waals surface area contributed by atoms with Crippen molar-refractivity contribution in [2.75, 3.05) is 32.8 Å². The lowest BCUT2D eigenvalue weighted by atomic mass is 9.73. The van der Waals surface area contributed by atoms with E-state index in [2.05, 4.69) is 64.7 Å². The van der Waals surface area contributed by atoms with Gasteiger partial charge in [0, 0.05) is 38.8 Å². The molecule has 36 heavy (non-hydrogen) atoms. The molecule has 6 heteroatoms. The van der Waals surface area contributed by atoms with E-state index in [0.29, 0.717) is 18.1 Å². The Bertz CT molecular complexity index is 1140. The molecule has 1 amide bonds. The Kier molecular flexibility index (Phi) is 7.71. The zero-order chi connectivity index (χ0) is 24.8. The molecule has 2 aromatic carbocycles. The third kappa shape index (κ3) is 5.98. The maximum absolute atomic E-state index is 13.0. The van der Waals surface area contributed by atoms with Crippen molar-refractivity contribution in [1.29, 1.82) is 0 Å². The van der Waals surface area contributed by atoms with Crippen LogP contribution in [-0.4, -0.2) is 53.6 Å². The normalized spacial score (nSPS) is 19.1. The average Bonchev–Trinajstić information content (AvgIpc) is 3.33. The zero-order valence-electron chi connectivity index (χ0n) is 21.3. The van der Waals surface area contributed by atoms with Crippen LogP contribution in [0.25, 0.3) is 0 Å². The van der Waals surface area contributed by atoms with Crippen LogP contribution in [0.2, 0.25) is 0 Å². The number of hydrogen-bond acceptors (Lipinski definition) is 5. The summed E-state index contributed by atoms with van der Waals surface area (Å²) in [5.74, 6) is 1.69. The van der Waals surface area contributed by atoms with E-state index < -0.39 is 0 Å². The van der Waals surface area contributed by atoms with Gasteiger partial charge in [-0.3, -0.25) is 9.69 Å². The van der Waals surface area contributed by atoms with Crippen LogP contribution in [-0.2, 0) is 13.0 Å². The first-order valence-electron chi connectivity index (χ1n) is 13.3. The van der Waals surface area contributed by atoms with Crippen molar-refractivity contribution < 1.29 is 14.1 Å². The van der Waals surface area contributed by atoms with E-state index in [1.165, 1.54) is 24.0 Å². The molecule has 1 aromatic heterocycles. The van der Waals surface area contributed by atoms with Gasteiger partial charge in [-0.1, -0.05) is 60.1 Å². The summed E-state index contributed by atoms with van der Waals surface area (Å²) in [6.45, 7) is 6.85. The molecule has 3 aromatic rings. The molecule has 5 rings (SSSR count). The Labute approximate surface area is 214 Å². The maximum atomic E-state index is 13.0. The summed E-state index contributed by atoms with van der Waals surface area (Å²) in [5, 5.41) is 3.95. The molecule has 1 fully saturated rings. The van der Waals surface area contributed by atoms with Crippen LogP contribution < -0.4 is 4.74 Å². The quantitative estimate of drug-likeness (QED) is 0.487. The molecule has 6 nitrogen and oxygen atoms in total. The van der Waals surface area contributed by atoms with Crippen LogP contribution >= 0.6 is 0 Å². The van der Waals surface area contributed by atoms with Gasteiger partial charge in [-0.15, -0.1) is 0 Å². The minimum Gasteiger partial charge on any atom is -0.492 e. The first-order valence-corrected chi connectivity index (χ1v) is 13.3. The highest BCUT2D eigenvalue weighted by Crippen LogP contribution is 2.39. The van der Waals surface area contributed by atoms with Crippen LogP contribution in [0.3, 0.4) is 0 Å². The summed E-state index contributed by atoms with van der Waals surface area (Å²) in [5.41, 5.74) is 3.26. The molecule has 2 aliphatic rings. The number of fused-ring (bicyclic) bond motifs is 1. The first-order chi connectivity index (χ1) is 17.6.